The summed E-state index contributed by atoms with van der Waals surface area (Å²) in [7, 11) is 1.27. The topological polar surface area (TPSA) is 84.9 Å². The van der Waals surface area contributed by atoms with Crippen LogP contribution in [0.25, 0.3) is 0 Å². The molecule has 1 aliphatic rings. The molecule has 1 aromatic rings. The van der Waals surface area contributed by atoms with E-state index in [0.29, 0.717) is 0 Å². The van der Waals surface area contributed by atoms with E-state index in [1.54, 1.807) is 23.5 Å². The van der Waals surface area contributed by atoms with Gasteiger partial charge >= 0.3 is 12.1 Å². The zero-order chi connectivity index (χ0) is 20.5. The van der Waals surface area contributed by atoms with E-state index < -0.39 is 30.1 Å². The summed E-state index contributed by atoms with van der Waals surface area (Å²) in [5, 5.41) is 13.0. The molecule has 1 aromatic carbocycles. The van der Waals surface area contributed by atoms with Gasteiger partial charge in [0.2, 0.25) is 0 Å². The average Bonchev–Trinajstić information content (AvgIpc) is 2.72. The summed E-state index contributed by atoms with van der Waals surface area (Å²) in [6.07, 6.45) is -0.532. The number of rotatable bonds is 7. The van der Waals surface area contributed by atoms with Crippen molar-refractivity contribution in [2.24, 2.45) is 5.92 Å². The number of thioether (sulfide) groups is 2. The van der Waals surface area contributed by atoms with Gasteiger partial charge in [-0.3, -0.25) is 4.79 Å². The molecule has 0 saturated carbocycles. The Labute approximate surface area is 174 Å². The summed E-state index contributed by atoms with van der Waals surface area (Å²) >= 11 is 3.40. The molecule has 8 heteroatoms. The summed E-state index contributed by atoms with van der Waals surface area (Å²) in [6.45, 7) is 3.52. The molecule has 0 unspecified atom stereocenters. The Morgan fingerprint density at radius 2 is 1.86 bits per heavy atom. The van der Waals surface area contributed by atoms with Crippen molar-refractivity contribution >= 4 is 35.6 Å². The fraction of sp³-hybridized carbons (Fsp3) is 0.500. The molecule has 154 valence electrons. The maximum Gasteiger partial charge on any atom is 0.407 e. The number of ether oxygens (including phenoxy) is 2. The maximum absolute atomic E-state index is 12.4. The Morgan fingerprint density at radius 3 is 2.43 bits per heavy atom. The third-order valence-electron chi connectivity index (χ3n) is 4.38. The zero-order valence-electron chi connectivity index (χ0n) is 16.3. The van der Waals surface area contributed by atoms with E-state index in [9.17, 15) is 14.7 Å². The first-order valence-electron chi connectivity index (χ1n) is 9.13. The minimum Gasteiger partial charge on any atom is -0.469 e. The van der Waals surface area contributed by atoms with Crippen LogP contribution < -0.4 is 5.32 Å². The lowest BCUT2D eigenvalue weighted by molar-refractivity contribution is -0.149. The van der Waals surface area contributed by atoms with Gasteiger partial charge in [0, 0.05) is 4.24 Å². The van der Waals surface area contributed by atoms with Crippen LogP contribution in [0.4, 0.5) is 4.79 Å². The molecule has 0 bridgehead atoms. The predicted molar refractivity (Wildman–Crippen MR) is 113 cm³/mol. The van der Waals surface area contributed by atoms with Crippen LogP contribution in [0.1, 0.15) is 25.8 Å². The van der Waals surface area contributed by atoms with Crippen LogP contribution in [-0.4, -0.2) is 47.9 Å². The Bertz CT molecular complexity index is 685. The molecule has 3 atom stereocenters. The van der Waals surface area contributed by atoms with Crippen LogP contribution in [0.5, 0.6) is 0 Å². The molecule has 0 radical (unpaired) electrons. The van der Waals surface area contributed by atoms with E-state index >= 15 is 0 Å². The van der Waals surface area contributed by atoms with Gasteiger partial charge in [0.05, 0.1) is 19.3 Å². The third kappa shape index (κ3) is 6.46. The van der Waals surface area contributed by atoms with Crippen LogP contribution in [0.2, 0.25) is 0 Å². The van der Waals surface area contributed by atoms with Gasteiger partial charge in [-0.25, -0.2) is 4.79 Å². The maximum atomic E-state index is 12.4. The van der Waals surface area contributed by atoms with Crippen molar-refractivity contribution in [3.05, 3.63) is 45.7 Å². The Balaban J connectivity index is 2.19. The molecule has 28 heavy (non-hydrogen) atoms. The Hall–Kier alpha value is -1.64. The van der Waals surface area contributed by atoms with Crippen molar-refractivity contribution in [2.75, 3.05) is 18.6 Å². The molecule has 6 nitrogen and oxygen atoms in total. The highest BCUT2D eigenvalue weighted by atomic mass is 32.2. The van der Waals surface area contributed by atoms with Crippen molar-refractivity contribution in [1.29, 1.82) is 0 Å². The number of alkyl carbamates (subject to hydrolysis) is 1. The summed E-state index contributed by atoms with van der Waals surface area (Å²) in [4.78, 5) is 24.8. The van der Waals surface area contributed by atoms with Gasteiger partial charge in [0.1, 0.15) is 12.5 Å². The van der Waals surface area contributed by atoms with Gasteiger partial charge < -0.3 is 19.9 Å². The Morgan fingerprint density at radius 1 is 1.21 bits per heavy atom. The molecule has 2 N–H and O–H groups in total. The predicted octanol–water partition coefficient (Wildman–Crippen LogP) is 3.55. The van der Waals surface area contributed by atoms with Crippen LogP contribution in [-0.2, 0) is 20.9 Å². The molecule has 2 rings (SSSR count). The second-order valence-corrected chi connectivity index (χ2v) is 8.96. The number of esters is 1. The quantitative estimate of drug-likeness (QED) is 0.646. The first-order valence-corrected chi connectivity index (χ1v) is 11.1. The summed E-state index contributed by atoms with van der Waals surface area (Å²) < 4.78 is 11.3. The molecule has 1 saturated heterocycles. The number of hydrogen-bond acceptors (Lipinski definition) is 7. The monoisotopic (exact) mass is 425 g/mol. The normalized spacial score (nSPS) is 17.2. The first kappa shape index (κ1) is 22.6. The van der Waals surface area contributed by atoms with Crippen LogP contribution >= 0.6 is 23.5 Å². The smallest absolute Gasteiger partial charge is 0.407 e. The van der Waals surface area contributed by atoms with E-state index in [-0.39, 0.29) is 6.61 Å². The van der Waals surface area contributed by atoms with Gasteiger partial charge in [-0.15, -0.1) is 23.5 Å². The number of carbonyl (C=O) groups is 2. The van der Waals surface area contributed by atoms with Crippen molar-refractivity contribution in [1.82, 2.24) is 5.32 Å². The van der Waals surface area contributed by atoms with E-state index in [1.807, 2.05) is 37.3 Å². The molecule has 0 aromatic heterocycles. The van der Waals surface area contributed by atoms with Crippen LogP contribution in [0, 0.1) is 5.92 Å². The first-order chi connectivity index (χ1) is 13.4. The molecule has 1 heterocycles. The second-order valence-electron chi connectivity index (χ2n) is 6.49. The van der Waals surface area contributed by atoms with Crippen molar-refractivity contribution < 1.29 is 24.2 Å². The van der Waals surface area contributed by atoms with Crippen LogP contribution in [0.15, 0.2) is 40.1 Å². The minimum atomic E-state index is -0.999. The van der Waals surface area contributed by atoms with E-state index in [4.69, 9.17) is 9.47 Å². The molecular weight excluding hydrogens is 398 g/mol. The zero-order valence-corrected chi connectivity index (χ0v) is 18.0. The number of nitrogens with one attached hydrogen (secondary N) is 1. The highest BCUT2D eigenvalue weighted by Gasteiger charge is 2.37. The van der Waals surface area contributed by atoms with E-state index in [2.05, 4.69) is 5.32 Å². The highest BCUT2D eigenvalue weighted by Crippen LogP contribution is 2.39. The third-order valence-corrected chi connectivity index (χ3v) is 7.24. The number of methoxy groups -OCH3 is 1. The number of carbonyl (C=O) groups excluding carboxylic acids is 2. The lowest BCUT2D eigenvalue weighted by atomic mass is 9.90. The van der Waals surface area contributed by atoms with Gasteiger partial charge in [0.15, 0.2) is 0 Å². The second kappa shape index (κ2) is 11.4. The lowest BCUT2D eigenvalue weighted by Gasteiger charge is -2.30. The fourth-order valence-corrected chi connectivity index (χ4v) is 5.57. The number of hydrogen-bond donors (Lipinski definition) is 2. The largest absolute Gasteiger partial charge is 0.469 e. The number of benzene rings is 1. The van der Waals surface area contributed by atoms with Gasteiger partial charge in [0.25, 0.3) is 0 Å². The molecule has 1 fully saturated rings. The van der Waals surface area contributed by atoms with Crippen molar-refractivity contribution in [3.8, 4) is 0 Å². The molecule has 0 aliphatic carbocycles. The fourth-order valence-electron chi connectivity index (χ4n) is 2.89. The van der Waals surface area contributed by atoms with E-state index in [0.717, 1.165) is 33.3 Å². The lowest BCUT2D eigenvalue weighted by Crippen LogP contribution is -2.49. The molecule has 1 amide bonds. The minimum absolute atomic E-state index is 0.121. The van der Waals surface area contributed by atoms with Gasteiger partial charge in [-0.1, -0.05) is 30.3 Å². The number of aliphatic hydroxyl groups excluding tert-OH is 1. The average molecular weight is 426 g/mol. The standard InChI is InChI=1S/C20H27NO5S2/c1-13(19-27-10-7-11-28-19)17(16(14(2)22)18(23)25-3)21-20(24)26-12-15-8-5-4-6-9-15/h4-6,8-9,14,16-17,22H,7,10-12H2,1-3H3,(H,21,24)/t14-,16+,17+/m1/s1. The molecule has 1 aliphatic heterocycles. The summed E-state index contributed by atoms with van der Waals surface area (Å²) in [6, 6.07) is 8.63. The Kier molecular flexibility index (Phi) is 9.21. The van der Waals surface area contributed by atoms with E-state index in [1.165, 1.54) is 14.0 Å². The van der Waals surface area contributed by atoms with Gasteiger partial charge in [-0.05, 0) is 42.9 Å². The van der Waals surface area contributed by atoms with Crippen molar-refractivity contribution in [2.45, 2.75) is 39.0 Å². The summed E-state index contributed by atoms with van der Waals surface area (Å²) in [5.74, 6) is 0.476. The number of aliphatic hydroxyl groups is 1. The number of amides is 1. The summed E-state index contributed by atoms with van der Waals surface area (Å²) in [5.41, 5.74) is 1.70. The molecular formula is C20H27NO5S2. The highest BCUT2D eigenvalue weighted by molar-refractivity contribution is 8.22. The van der Waals surface area contributed by atoms with Crippen LogP contribution in [0.3, 0.4) is 0 Å². The SMILES string of the molecule is COC(=O)[C@@H]([C@@H](C)O)[C@@H](NC(=O)OCc1ccccc1)C(C)=C1SCCCS1. The van der Waals surface area contributed by atoms with Gasteiger partial charge in [-0.2, -0.15) is 0 Å². The molecule has 0 spiro atoms. The van der Waals surface area contributed by atoms with Crippen molar-refractivity contribution in [3.63, 3.8) is 0 Å².